The Morgan fingerprint density at radius 1 is 1.50 bits per heavy atom. The van der Waals surface area contributed by atoms with Crippen LogP contribution in [-0.4, -0.2) is 44.3 Å². The molecule has 0 amide bonds. The number of hydrogen-bond acceptors (Lipinski definition) is 3. The number of likely N-dealkylation sites (N-methyl/N-ethyl adjacent to an activating group) is 1. The summed E-state index contributed by atoms with van der Waals surface area (Å²) in [7, 11) is 2.15. The molecular weight excluding hydrogens is 292 g/mol. The second kappa shape index (κ2) is 6.66. The molecule has 1 aliphatic rings. The van der Waals surface area contributed by atoms with Gasteiger partial charge in [0.2, 0.25) is 0 Å². The van der Waals surface area contributed by atoms with Gasteiger partial charge in [0.15, 0.2) is 0 Å². The molecule has 0 spiro atoms. The highest BCUT2D eigenvalue weighted by atomic mass is 79.9. The summed E-state index contributed by atoms with van der Waals surface area (Å²) >= 11 is 3.59. The molecular formula is C14H21BrN2O. The second-order valence-corrected chi connectivity index (χ2v) is 5.76. The van der Waals surface area contributed by atoms with Gasteiger partial charge < -0.3 is 15.0 Å². The van der Waals surface area contributed by atoms with Crippen LogP contribution in [0.1, 0.15) is 18.5 Å². The molecule has 1 saturated heterocycles. The number of ether oxygens (including phenoxy) is 1. The lowest BCUT2D eigenvalue weighted by Gasteiger charge is -2.31. The van der Waals surface area contributed by atoms with Crippen molar-refractivity contribution in [3.63, 3.8) is 0 Å². The quantitative estimate of drug-likeness (QED) is 0.924. The Morgan fingerprint density at radius 2 is 2.28 bits per heavy atom. The highest BCUT2D eigenvalue weighted by Crippen LogP contribution is 2.22. The predicted molar refractivity (Wildman–Crippen MR) is 77.8 cm³/mol. The maximum atomic E-state index is 5.75. The number of halogens is 1. The molecule has 0 saturated carbocycles. The van der Waals surface area contributed by atoms with Crippen LogP contribution < -0.4 is 5.32 Å². The zero-order valence-corrected chi connectivity index (χ0v) is 12.6. The second-order valence-electron chi connectivity index (χ2n) is 4.91. The molecule has 0 bridgehead atoms. The van der Waals surface area contributed by atoms with Crippen LogP contribution in [0.5, 0.6) is 0 Å². The van der Waals surface area contributed by atoms with E-state index in [9.17, 15) is 0 Å². The molecule has 0 aliphatic carbocycles. The van der Waals surface area contributed by atoms with Gasteiger partial charge in [0, 0.05) is 30.1 Å². The van der Waals surface area contributed by atoms with Gasteiger partial charge in [-0.15, -0.1) is 0 Å². The smallest absolute Gasteiger partial charge is 0.0826 e. The van der Waals surface area contributed by atoms with Gasteiger partial charge in [0.1, 0.15) is 0 Å². The van der Waals surface area contributed by atoms with Gasteiger partial charge in [-0.3, -0.25) is 0 Å². The summed E-state index contributed by atoms with van der Waals surface area (Å²) in [6.45, 7) is 5.97. The molecule has 0 aromatic heterocycles. The maximum Gasteiger partial charge on any atom is 0.0826 e. The fourth-order valence-corrected chi connectivity index (χ4v) is 2.86. The lowest BCUT2D eigenvalue weighted by Crippen LogP contribution is -2.45. The van der Waals surface area contributed by atoms with Crippen molar-refractivity contribution in [2.75, 3.05) is 33.3 Å². The first-order valence-corrected chi connectivity index (χ1v) is 7.24. The van der Waals surface area contributed by atoms with E-state index in [1.807, 2.05) is 6.07 Å². The Morgan fingerprint density at radius 3 is 3.00 bits per heavy atom. The summed E-state index contributed by atoms with van der Waals surface area (Å²) in [5.74, 6) is 0. The van der Waals surface area contributed by atoms with Crippen LogP contribution >= 0.6 is 15.9 Å². The van der Waals surface area contributed by atoms with Crippen molar-refractivity contribution in [1.82, 2.24) is 10.2 Å². The van der Waals surface area contributed by atoms with Gasteiger partial charge in [0.05, 0.1) is 12.7 Å². The molecule has 1 heterocycles. The van der Waals surface area contributed by atoms with Crippen LogP contribution in [0.15, 0.2) is 28.7 Å². The molecule has 1 aromatic rings. The summed E-state index contributed by atoms with van der Waals surface area (Å²) in [5, 5.41) is 3.55. The number of nitrogens with zero attached hydrogens (tertiary/aromatic N) is 1. The van der Waals surface area contributed by atoms with Crippen molar-refractivity contribution in [1.29, 1.82) is 0 Å². The van der Waals surface area contributed by atoms with Gasteiger partial charge >= 0.3 is 0 Å². The summed E-state index contributed by atoms with van der Waals surface area (Å²) in [6.07, 6.45) is 0.300. The van der Waals surface area contributed by atoms with E-state index in [4.69, 9.17) is 4.74 Å². The van der Waals surface area contributed by atoms with Crippen molar-refractivity contribution in [3.8, 4) is 0 Å². The van der Waals surface area contributed by atoms with Crippen molar-refractivity contribution in [3.05, 3.63) is 34.3 Å². The minimum absolute atomic E-state index is 0.300. The molecule has 1 aliphatic heterocycles. The minimum atomic E-state index is 0.300. The standard InChI is InChI=1S/C14H21BrN2O/c1-11(13-5-3-4-6-14(13)15)16-9-12-10-17(2)7-8-18-12/h3-6,11-12,16H,7-10H2,1-2H3/t11-,12?/m0/s1. The van der Waals surface area contributed by atoms with E-state index in [0.717, 1.165) is 30.7 Å². The fraction of sp³-hybridized carbons (Fsp3) is 0.571. The van der Waals surface area contributed by atoms with E-state index < -0.39 is 0 Å². The lowest BCUT2D eigenvalue weighted by atomic mass is 10.1. The molecule has 3 nitrogen and oxygen atoms in total. The zero-order valence-electron chi connectivity index (χ0n) is 11.0. The third-order valence-electron chi connectivity index (χ3n) is 3.37. The number of morpholine rings is 1. The molecule has 18 heavy (non-hydrogen) atoms. The molecule has 1 unspecified atom stereocenters. The SMILES string of the molecule is C[C@H](NCC1CN(C)CCO1)c1ccccc1Br. The molecule has 1 N–H and O–H groups in total. The third kappa shape index (κ3) is 3.79. The molecule has 2 rings (SSSR count). The van der Waals surface area contributed by atoms with Crippen molar-refractivity contribution in [2.24, 2.45) is 0 Å². The van der Waals surface area contributed by atoms with Crippen LogP contribution in [-0.2, 0) is 4.74 Å². The Balaban J connectivity index is 1.84. The van der Waals surface area contributed by atoms with E-state index in [1.165, 1.54) is 5.56 Å². The largest absolute Gasteiger partial charge is 0.374 e. The normalized spacial score (nSPS) is 22.9. The monoisotopic (exact) mass is 312 g/mol. The Labute approximate surface area is 118 Å². The number of rotatable bonds is 4. The average molecular weight is 313 g/mol. The van der Waals surface area contributed by atoms with Gasteiger partial charge in [-0.2, -0.15) is 0 Å². The van der Waals surface area contributed by atoms with Gasteiger partial charge in [-0.25, -0.2) is 0 Å². The topological polar surface area (TPSA) is 24.5 Å². The fourth-order valence-electron chi connectivity index (χ4n) is 2.23. The first-order chi connectivity index (χ1) is 8.66. The van der Waals surface area contributed by atoms with E-state index in [2.05, 4.69) is 58.3 Å². The van der Waals surface area contributed by atoms with Crippen LogP contribution in [0.2, 0.25) is 0 Å². The third-order valence-corrected chi connectivity index (χ3v) is 4.09. The lowest BCUT2D eigenvalue weighted by molar-refractivity contribution is -0.0191. The van der Waals surface area contributed by atoms with Gasteiger partial charge in [-0.1, -0.05) is 34.1 Å². The molecule has 1 fully saturated rings. The number of nitrogens with one attached hydrogen (secondary N) is 1. The Bertz CT molecular complexity index is 386. The predicted octanol–water partition coefficient (Wildman–Crippen LogP) is 2.43. The molecule has 4 heteroatoms. The van der Waals surface area contributed by atoms with E-state index in [0.29, 0.717) is 12.1 Å². The van der Waals surface area contributed by atoms with E-state index in [-0.39, 0.29) is 0 Å². The van der Waals surface area contributed by atoms with Crippen LogP contribution in [0.25, 0.3) is 0 Å². The Hall–Kier alpha value is -0.420. The number of benzene rings is 1. The summed E-state index contributed by atoms with van der Waals surface area (Å²) in [5.41, 5.74) is 1.29. The molecule has 2 atom stereocenters. The summed E-state index contributed by atoms with van der Waals surface area (Å²) < 4.78 is 6.91. The van der Waals surface area contributed by atoms with Gasteiger partial charge in [-0.05, 0) is 25.6 Å². The van der Waals surface area contributed by atoms with Crippen molar-refractivity contribution in [2.45, 2.75) is 19.1 Å². The number of hydrogen-bond donors (Lipinski definition) is 1. The first kappa shape index (κ1) is 14.0. The average Bonchev–Trinajstić information content (AvgIpc) is 2.37. The summed E-state index contributed by atoms with van der Waals surface area (Å²) in [6, 6.07) is 8.67. The first-order valence-electron chi connectivity index (χ1n) is 6.45. The van der Waals surface area contributed by atoms with E-state index in [1.54, 1.807) is 0 Å². The molecule has 100 valence electrons. The molecule has 1 aromatic carbocycles. The van der Waals surface area contributed by atoms with Gasteiger partial charge in [0.25, 0.3) is 0 Å². The minimum Gasteiger partial charge on any atom is -0.374 e. The van der Waals surface area contributed by atoms with Crippen LogP contribution in [0.3, 0.4) is 0 Å². The Kier molecular flexibility index (Phi) is 5.18. The maximum absolute atomic E-state index is 5.75. The van der Waals surface area contributed by atoms with Crippen LogP contribution in [0, 0.1) is 0 Å². The highest BCUT2D eigenvalue weighted by molar-refractivity contribution is 9.10. The molecule has 0 radical (unpaired) electrons. The van der Waals surface area contributed by atoms with E-state index >= 15 is 0 Å². The zero-order chi connectivity index (χ0) is 13.0. The van der Waals surface area contributed by atoms with Crippen molar-refractivity contribution < 1.29 is 4.74 Å². The van der Waals surface area contributed by atoms with Crippen LogP contribution in [0.4, 0.5) is 0 Å². The van der Waals surface area contributed by atoms with Crippen molar-refractivity contribution >= 4 is 15.9 Å². The summed E-state index contributed by atoms with van der Waals surface area (Å²) in [4.78, 5) is 2.32. The highest BCUT2D eigenvalue weighted by Gasteiger charge is 2.18.